The number of carboxylic acid groups (broad SMARTS) is 1. The molecule has 1 unspecified atom stereocenters. The fraction of sp³-hybridized carbons (Fsp3) is 0.769. The first-order valence-electron chi connectivity index (χ1n) is 6.80. The second-order valence-corrected chi connectivity index (χ2v) is 4.56. The summed E-state index contributed by atoms with van der Waals surface area (Å²) in [5, 5.41) is 14.0. The Balaban J connectivity index is 4.38. The number of ether oxygens (including phenoxy) is 2. The van der Waals surface area contributed by atoms with Crippen molar-refractivity contribution in [3.8, 4) is 0 Å². The standard InChI is InChI=1S/C13H24N2O6/c1-4-5-9(8-20-2)14-13(19)15-10(12(17)18)6-7-11(16)21-3/h9-10H,4-8H2,1-3H3,(H,17,18)(H2,14,15,19)/t9?,10-/m0/s1. The van der Waals surface area contributed by atoms with E-state index in [-0.39, 0.29) is 18.9 Å². The van der Waals surface area contributed by atoms with Gasteiger partial charge in [0.25, 0.3) is 0 Å². The summed E-state index contributed by atoms with van der Waals surface area (Å²) >= 11 is 0. The number of hydrogen-bond donors (Lipinski definition) is 3. The van der Waals surface area contributed by atoms with Crippen LogP contribution in [0.4, 0.5) is 4.79 Å². The molecule has 0 saturated heterocycles. The van der Waals surface area contributed by atoms with Crippen LogP contribution in [0.3, 0.4) is 0 Å². The number of amides is 2. The third kappa shape index (κ3) is 8.85. The molecule has 8 nitrogen and oxygen atoms in total. The zero-order chi connectivity index (χ0) is 16.3. The van der Waals surface area contributed by atoms with Crippen molar-refractivity contribution in [1.29, 1.82) is 0 Å². The van der Waals surface area contributed by atoms with E-state index in [2.05, 4.69) is 15.4 Å². The van der Waals surface area contributed by atoms with Crippen LogP contribution >= 0.6 is 0 Å². The lowest BCUT2D eigenvalue weighted by atomic mass is 10.1. The van der Waals surface area contributed by atoms with Crippen LogP contribution in [-0.2, 0) is 19.1 Å². The van der Waals surface area contributed by atoms with Crippen LogP contribution in [-0.4, -0.2) is 56.0 Å². The van der Waals surface area contributed by atoms with Gasteiger partial charge in [-0.1, -0.05) is 13.3 Å². The van der Waals surface area contributed by atoms with Gasteiger partial charge in [-0.25, -0.2) is 9.59 Å². The number of urea groups is 1. The maximum absolute atomic E-state index is 11.8. The maximum Gasteiger partial charge on any atom is 0.326 e. The Morgan fingerprint density at radius 3 is 2.29 bits per heavy atom. The lowest BCUT2D eigenvalue weighted by molar-refractivity contribution is -0.142. The maximum atomic E-state index is 11.8. The third-order valence-electron chi connectivity index (χ3n) is 2.81. The second kappa shape index (κ2) is 10.9. The number of carbonyl (C=O) groups excluding carboxylic acids is 2. The molecule has 21 heavy (non-hydrogen) atoms. The average molecular weight is 304 g/mol. The highest BCUT2D eigenvalue weighted by Gasteiger charge is 2.22. The SMILES string of the molecule is CCCC(COC)NC(=O)N[C@@H](CCC(=O)OC)C(=O)O. The Bertz CT molecular complexity index is 342. The van der Waals surface area contributed by atoms with Crippen LogP contribution in [0, 0.1) is 0 Å². The Morgan fingerprint density at radius 2 is 1.81 bits per heavy atom. The van der Waals surface area contributed by atoms with Gasteiger partial charge in [0.1, 0.15) is 6.04 Å². The summed E-state index contributed by atoms with van der Waals surface area (Å²) in [6.07, 6.45) is 1.47. The van der Waals surface area contributed by atoms with Gasteiger partial charge in [-0.05, 0) is 12.8 Å². The van der Waals surface area contributed by atoms with Crippen LogP contribution in [0.5, 0.6) is 0 Å². The highest BCUT2D eigenvalue weighted by atomic mass is 16.5. The lowest BCUT2D eigenvalue weighted by Crippen LogP contribution is -2.50. The van der Waals surface area contributed by atoms with Gasteiger partial charge >= 0.3 is 18.0 Å². The van der Waals surface area contributed by atoms with Crippen molar-refractivity contribution in [2.24, 2.45) is 0 Å². The topological polar surface area (TPSA) is 114 Å². The number of hydrogen-bond acceptors (Lipinski definition) is 5. The molecule has 2 amide bonds. The molecule has 0 aliphatic heterocycles. The van der Waals surface area contributed by atoms with Crippen molar-refractivity contribution >= 4 is 18.0 Å². The van der Waals surface area contributed by atoms with Crippen molar-refractivity contribution in [1.82, 2.24) is 10.6 Å². The molecule has 8 heteroatoms. The molecule has 0 fully saturated rings. The number of methoxy groups -OCH3 is 2. The van der Waals surface area contributed by atoms with Crippen molar-refractivity contribution in [3.63, 3.8) is 0 Å². The van der Waals surface area contributed by atoms with Crippen LogP contribution in [0.1, 0.15) is 32.6 Å². The lowest BCUT2D eigenvalue weighted by Gasteiger charge is -2.20. The number of nitrogens with one attached hydrogen (secondary N) is 2. The molecule has 3 N–H and O–H groups in total. The van der Waals surface area contributed by atoms with E-state index in [1.165, 1.54) is 14.2 Å². The molecule has 0 aromatic carbocycles. The van der Waals surface area contributed by atoms with Gasteiger partial charge in [-0.3, -0.25) is 4.79 Å². The van der Waals surface area contributed by atoms with Crippen molar-refractivity contribution < 1.29 is 29.0 Å². The Labute approximate surface area is 124 Å². The monoisotopic (exact) mass is 304 g/mol. The minimum absolute atomic E-state index is 0.0296. The molecule has 0 aromatic rings. The smallest absolute Gasteiger partial charge is 0.326 e. The third-order valence-corrected chi connectivity index (χ3v) is 2.81. The van der Waals surface area contributed by atoms with Crippen LogP contribution < -0.4 is 10.6 Å². The van der Waals surface area contributed by atoms with E-state index in [9.17, 15) is 14.4 Å². The summed E-state index contributed by atoms with van der Waals surface area (Å²) in [4.78, 5) is 33.8. The summed E-state index contributed by atoms with van der Waals surface area (Å²) in [6.45, 7) is 2.32. The average Bonchev–Trinajstić information content (AvgIpc) is 2.43. The first-order chi connectivity index (χ1) is 9.94. The van der Waals surface area contributed by atoms with Gasteiger partial charge in [0.2, 0.25) is 0 Å². The predicted octanol–water partition coefficient (Wildman–Crippen LogP) is 0.507. The normalized spacial score (nSPS) is 13.1. The Morgan fingerprint density at radius 1 is 1.14 bits per heavy atom. The summed E-state index contributed by atoms with van der Waals surface area (Å²) in [6, 6.07) is -1.92. The highest BCUT2D eigenvalue weighted by molar-refractivity contribution is 5.83. The van der Waals surface area contributed by atoms with E-state index < -0.39 is 24.0 Å². The minimum atomic E-state index is -1.20. The molecule has 0 rings (SSSR count). The summed E-state index contributed by atoms with van der Waals surface area (Å²) in [7, 11) is 2.75. The van der Waals surface area contributed by atoms with E-state index in [4.69, 9.17) is 9.84 Å². The van der Waals surface area contributed by atoms with Crippen LogP contribution in [0.15, 0.2) is 0 Å². The van der Waals surface area contributed by atoms with Crippen molar-refractivity contribution in [2.45, 2.75) is 44.7 Å². The molecular formula is C13H24N2O6. The van der Waals surface area contributed by atoms with Gasteiger partial charge in [0.05, 0.1) is 19.8 Å². The van der Waals surface area contributed by atoms with Crippen molar-refractivity contribution in [3.05, 3.63) is 0 Å². The van der Waals surface area contributed by atoms with Crippen LogP contribution in [0.2, 0.25) is 0 Å². The predicted molar refractivity (Wildman–Crippen MR) is 74.9 cm³/mol. The number of rotatable bonds is 10. The fourth-order valence-corrected chi connectivity index (χ4v) is 1.75. The van der Waals surface area contributed by atoms with E-state index in [1.807, 2.05) is 6.92 Å². The van der Waals surface area contributed by atoms with E-state index in [0.29, 0.717) is 6.61 Å². The van der Waals surface area contributed by atoms with Gasteiger partial charge in [-0.15, -0.1) is 0 Å². The molecule has 0 spiro atoms. The summed E-state index contributed by atoms with van der Waals surface area (Å²) in [5.74, 6) is -1.72. The number of carbonyl (C=O) groups is 3. The highest BCUT2D eigenvalue weighted by Crippen LogP contribution is 2.01. The molecule has 0 saturated carbocycles. The molecule has 0 aliphatic rings. The molecule has 0 bridgehead atoms. The van der Waals surface area contributed by atoms with Gasteiger partial charge < -0.3 is 25.2 Å². The second-order valence-electron chi connectivity index (χ2n) is 4.56. The largest absolute Gasteiger partial charge is 0.480 e. The van der Waals surface area contributed by atoms with Gasteiger partial charge in [0.15, 0.2) is 0 Å². The number of aliphatic carboxylic acids is 1. The zero-order valence-electron chi connectivity index (χ0n) is 12.7. The first-order valence-corrected chi connectivity index (χ1v) is 6.80. The fourth-order valence-electron chi connectivity index (χ4n) is 1.75. The quantitative estimate of drug-likeness (QED) is 0.507. The minimum Gasteiger partial charge on any atom is -0.480 e. The van der Waals surface area contributed by atoms with E-state index in [1.54, 1.807) is 0 Å². The van der Waals surface area contributed by atoms with Gasteiger partial charge in [-0.2, -0.15) is 0 Å². The summed E-state index contributed by atoms with van der Waals surface area (Å²) in [5.41, 5.74) is 0. The molecule has 0 heterocycles. The molecule has 122 valence electrons. The van der Waals surface area contributed by atoms with Crippen LogP contribution in [0.25, 0.3) is 0 Å². The molecule has 0 aliphatic carbocycles. The van der Waals surface area contributed by atoms with E-state index >= 15 is 0 Å². The Kier molecular flexibility index (Phi) is 9.95. The molecule has 2 atom stereocenters. The first kappa shape index (κ1) is 19.2. The molecule has 0 aromatic heterocycles. The Hall–Kier alpha value is -1.83. The summed E-state index contributed by atoms with van der Waals surface area (Å²) < 4.78 is 9.42. The van der Waals surface area contributed by atoms with E-state index in [0.717, 1.165) is 12.8 Å². The number of esters is 1. The van der Waals surface area contributed by atoms with Crippen molar-refractivity contribution in [2.75, 3.05) is 20.8 Å². The number of carboxylic acids is 1. The molecular weight excluding hydrogens is 280 g/mol. The molecule has 0 radical (unpaired) electrons. The van der Waals surface area contributed by atoms with Gasteiger partial charge in [0, 0.05) is 13.5 Å². The zero-order valence-corrected chi connectivity index (χ0v) is 12.7.